The predicted octanol–water partition coefficient (Wildman–Crippen LogP) is 3.93. The molecule has 0 bridgehead atoms. The van der Waals surface area contributed by atoms with Crippen LogP contribution in [0.1, 0.15) is 16.8 Å². The van der Waals surface area contributed by atoms with Gasteiger partial charge in [-0.25, -0.2) is 0 Å². The molecule has 2 rings (SSSR count). The standard InChI is InChI=1S/C16H15Cl3N2O2/c1-20(2)9-14(21-8-11(18)4-6-15(21)22)16(23)12-5-3-10(17)7-13(12)19/h3-5,7,9H,6,8H2,1-2H3. The second-order valence-electron chi connectivity index (χ2n) is 5.27. The molecule has 0 atom stereocenters. The molecule has 1 aliphatic heterocycles. The number of rotatable bonds is 4. The molecule has 1 heterocycles. The summed E-state index contributed by atoms with van der Waals surface area (Å²) in [6.45, 7) is 0.164. The van der Waals surface area contributed by atoms with Gasteiger partial charge in [-0.3, -0.25) is 9.59 Å². The molecule has 1 aromatic rings. The van der Waals surface area contributed by atoms with Crippen molar-refractivity contribution in [2.75, 3.05) is 20.6 Å². The van der Waals surface area contributed by atoms with Gasteiger partial charge in [0, 0.05) is 42.3 Å². The van der Waals surface area contributed by atoms with Gasteiger partial charge < -0.3 is 9.80 Å². The molecule has 1 aliphatic rings. The van der Waals surface area contributed by atoms with Crippen LogP contribution < -0.4 is 0 Å². The van der Waals surface area contributed by atoms with Crippen LogP contribution in [0, 0.1) is 0 Å². The van der Waals surface area contributed by atoms with Gasteiger partial charge in [0.05, 0.1) is 11.6 Å². The van der Waals surface area contributed by atoms with Crippen LogP contribution in [0.5, 0.6) is 0 Å². The van der Waals surface area contributed by atoms with Crippen molar-refractivity contribution in [2.45, 2.75) is 6.42 Å². The van der Waals surface area contributed by atoms with Crippen molar-refractivity contribution >= 4 is 46.5 Å². The van der Waals surface area contributed by atoms with Crippen LogP contribution in [0.25, 0.3) is 0 Å². The fourth-order valence-electron chi connectivity index (χ4n) is 2.14. The number of carbonyl (C=O) groups is 2. The van der Waals surface area contributed by atoms with E-state index in [4.69, 9.17) is 34.8 Å². The van der Waals surface area contributed by atoms with E-state index in [1.54, 1.807) is 43.4 Å². The summed E-state index contributed by atoms with van der Waals surface area (Å²) in [5, 5.41) is 1.19. The number of hydrogen-bond donors (Lipinski definition) is 0. The monoisotopic (exact) mass is 372 g/mol. The average molecular weight is 374 g/mol. The fraction of sp³-hybridized carbons (Fsp3) is 0.250. The smallest absolute Gasteiger partial charge is 0.231 e. The van der Waals surface area contributed by atoms with Crippen molar-refractivity contribution in [3.8, 4) is 0 Å². The minimum absolute atomic E-state index is 0.158. The number of amides is 1. The molecule has 0 saturated carbocycles. The van der Waals surface area contributed by atoms with Gasteiger partial charge >= 0.3 is 0 Å². The minimum Gasteiger partial charge on any atom is -0.382 e. The SMILES string of the molecule is CN(C)C=C(C(=O)c1ccc(Cl)cc1Cl)N1CC(Cl)=CCC1=O. The van der Waals surface area contributed by atoms with E-state index in [-0.39, 0.29) is 40.9 Å². The van der Waals surface area contributed by atoms with Crippen LogP contribution in [0.3, 0.4) is 0 Å². The Labute approximate surface area is 149 Å². The summed E-state index contributed by atoms with van der Waals surface area (Å²) in [5.41, 5.74) is 0.498. The minimum atomic E-state index is -0.361. The highest BCUT2D eigenvalue weighted by molar-refractivity contribution is 6.37. The third-order valence-electron chi connectivity index (χ3n) is 3.19. The van der Waals surface area contributed by atoms with Crippen LogP contribution in [-0.4, -0.2) is 42.1 Å². The van der Waals surface area contributed by atoms with Gasteiger partial charge in [-0.05, 0) is 18.2 Å². The molecule has 0 radical (unpaired) electrons. The molecule has 0 N–H and O–H groups in total. The number of ketones is 1. The summed E-state index contributed by atoms with van der Waals surface area (Å²) >= 11 is 18.0. The van der Waals surface area contributed by atoms with E-state index in [0.29, 0.717) is 10.1 Å². The summed E-state index contributed by atoms with van der Waals surface area (Å²) in [5.74, 6) is -0.555. The molecule has 0 unspecified atom stereocenters. The molecule has 1 amide bonds. The second kappa shape index (κ2) is 7.39. The highest BCUT2D eigenvalue weighted by Crippen LogP contribution is 2.27. The van der Waals surface area contributed by atoms with E-state index in [1.165, 1.54) is 11.0 Å². The molecule has 7 heteroatoms. The zero-order chi connectivity index (χ0) is 17.1. The first kappa shape index (κ1) is 17.9. The van der Waals surface area contributed by atoms with Gasteiger partial charge in [0.15, 0.2) is 0 Å². The Hall–Kier alpha value is -1.49. The Morgan fingerprint density at radius 2 is 1.96 bits per heavy atom. The van der Waals surface area contributed by atoms with E-state index in [9.17, 15) is 9.59 Å². The lowest BCUT2D eigenvalue weighted by atomic mass is 10.1. The van der Waals surface area contributed by atoms with Crippen LogP contribution in [-0.2, 0) is 4.79 Å². The summed E-state index contributed by atoms with van der Waals surface area (Å²) in [6, 6.07) is 4.62. The number of carbonyl (C=O) groups excluding carboxylic acids is 2. The molecule has 0 saturated heterocycles. The van der Waals surface area contributed by atoms with Crippen molar-refractivity contribution < 1.29 is 9.59 Å². The Morgan fingerprint density at radius 3 is 2.57 bits per heavy atom. The summed E-state index contributed by atoms with van der Waals surface area (Å²) in [4.78, 5) is 28.1. The van der Waals surface area contributed by atoms with Gasteiger partial charge in [0.25, 0.3) is 0 Å². The third kappa shape index (κ3) is 4.28. The Kier molecular flexibility index (Phi) is 5.74. The van der Waals surface area contributed by atoms with Gasteiger partial charge in [0.2, 0.25) is 11.7 Å². The number of halogens is 3. The van der Waals surface area contributed by atoms with Gasteiger partial charge in [-0.15, -0.1) is 0 Å². The van der Waals surface area contributed by atoms with E-state index in [0.717, 1.165) is 0 Å². The van der Waals surface area contributed by atoms with E-state index in [2.05, 4.69) is 0 Å². The maximum Gasteiger partial charge on any atom is 0.231 e. The van der Waals surface area contributed by atoms with Crippen molar-refractivity contribution in [1.82, 2.24) is 9.80 Å². The molecule has 4 nitrogen and oxygen atoms in total. The van der Waals surface area contributed by atoms with Crippen LogP contribution in [0.2, 0.25) is 10.0 Å². The molecule has 0 aromatic heterocycles. The number of hydrogen-bond acceptors (Lipinski definition) is 3. The molecule has 1 aromatic carbocycles. The summed E-state index contributed by atoms with van der Waals surface area (Å²) < 4.78 is 0. The molecule has 23 heavy (non-hydrogen) atoms. The fourth-order valence-corrected chi connectivity index (χ4v) is 2.83. The molecule has 0 fully saturated rings. The van der Waals surface area contributed by atoms with Crippen LogP contribution in [0.15, 0.2) is 41.2 Å². The quantitative estimate of drug-likeness (QED) is 0.593. The summed E-state index contributed by atoms with van der Waals surface area (Å²) in [7, 11) is 3.53. The number of nitrogens with zero attached hydrogens (tertiary/aromatic N) is 2. The lowest BCUT2D eigenvalue weighted by Gasteiger charge is -2.28. The second-order valence-corrected chi connectivity index (χ2v) is 6.60. The lowest BCUT2D eigenvalue weighted by Crippen LogP contribution is -2.37. The van der Waals surface area contributed by atoms with Gasteiger partial charge in [-0.2, -0.15) is 0 Å². The van der Waals surface area contributed by atoms with Crippen LogP contribution in [0.4, 0.5) is 0 Å². The van der Waals surface area contributed by atoms with E-state index in [1.807, 2.05) is 0 Å². The highest BCUT2D eigenvalue weighted by Gasteiger charge is 2.28. The zero-order valence-electron chi connectivity index (χ0n) is 12.6. The van der Waals surface area contributed by atoms with Crippen molar-refractivity contribution in [3.05, 3.63) is 56.8 Å². The zero-order valence-corrected chi connectivity index (χ0v) is 14.9. The normalized spacial score (nSPS) is 15.5. The number of Topliss-reactive ketones (excluding diaryl/α,β-unsaturated/α-hetero) is 1. The van der Waals surface area contributed by atoms with Gasteiger partial charge in [-0.1, -0.05) is 40.9 Å². The molecule has 0 spiro atoms. The topological polar surface area (TPSA) is 40.6 Å². The Balaban J connectivity index is 2.45. The van der Waals surface area contributed by atoms with Crippen molar-refractivity contribution in [3.63, 3.8) is 0 Å². The molecule has 122 valence electrons. The van der Waals surface area contributed by atoms with Crippen molar-refractivity contribution in [1.29, 1.82) is 0 Å². The predicted molar refractivity (Wildman–Crippen MR) is 92.8 cm³/mol. The highest BCUT2D eigenvalue weighted by atomic mass is 35.5. The third-order valence-corrected chi connectivity index (χ3v) is 4.01. The largest absolute Gasteiger partial charge is 0.382 e. The summed E-state index contributed by atoms with van der Waals surface area (Å²) in [6.07, 6.45) is 3.39. The molecule has 0 aliphatic carbocycles. The average Bonchev–Trinajstić information content (AvgIpc) is 2.46. The lowest BCUT2D eigenvalue weighted by molar-refractivity contribution is -0.128. The maximum absolute atomic E-state index is 12.9. The molecular weight excluding hydrogens is 359 g/mol. The van der Waals surface area contributed by atoms with Crippen LogP contribution >= 0.6 is 34.8 Å². The van der Waals surface area contributed by atoms with Gasteiger partial charge in [0.1, 0.15) is 5.70 Å². The first-order valence-corrected chi connectivity index (χ1v) is 7.96. The number of benzene rings is 1. The van der Waals surface area contributed by atoms with E-state index < -0.39 is 0 Å². The first-order chi connectivity index (χ1) is 10.8. The maximum atomic E-state index is 12.9. The van der Waals surface area contributed by atoms with Crippen molar-refractivity contribution in [2.24, 2.45) is 0 Å². The first-order valence-electron chi connectivity index (χ1n) is 6.82. The van der Waals surface area contributed by atoms with E-state index >= 15 is 0 Å². The Morgan fingerprint density at radius 1 is 1.26 bits per heavy atom. The Bertz CT molecular complexity index is 711. The number of allylic oxidation sites excluding steroid dienone is 1. The molecular formula is C16H15Cl3N2O2.